The van der Waals surface area contributed by atoms with Crippen molar-refractivity contribution >= 4 is 55.4 Å². The van der Waals surface area contributed by atoms with Crippen molar-refractivity contribution in [1.82, 2.24) is 5.43 Å². The van der Waals surface area contributed by atoms with Crippen LogP contribution in [0.1, 0.15) is 11.1 Å². The van der Waals surface area contributed by atoms with E-state index in [9.17, 15) is 18.3 Å². The minimum atomic E-state index is -4.07. The number of hydrogen-bond acceptors (Lipinski definition) is 6. The molecule has 0 saturated heterocycles. The molecule has 3 aromatic carbocycles. The highest BCUT2D eigenvalue weighted by atomic mass is 79.9. The molecule has 178 valence electrons. The number of phenols is 1. The Hall–Kier alpha value is -3.08. The van der Waals surface area contributed by atoms with E-state index in [0.29, 0.717) is 15.1 Å². The largest absolute Gasteiger partial charge is 0.503 e. The SMILES string of the molecule is COc1cc(/C=N\NC(=O)CN(c2cccc(Cl)c2)S(=O)(=O)c2ccc(C)cc2)cc(Br)c1O. The van der Waals surface area contributed by atoms with Crippen LogP contribution in [0.4, 0.5) is 5.69 Å². The van der Waals surface area contributed by atoms with Gasteiger partial charge >= 0.3 is 0 Å². The highest BCUT2D eigenvalue weighted by Crippen LogP contribution is 2.34. The van der Waals surface area contributed by atoms with Crippen LogP contribution >= 0.6 is 27.5 Å². The Labute approximate surface area is 211 Å². The third-order valence-electron chi connectivity index (χ3n) is 4.67. The van der Waals surface area contributed by atoms with Gasteiger partial charge in [0.2, 0.25) is 0 Å². The number of anilines is 1. The fourth-order valence-electron chi connectivity index (χ4n) is 2.95. The number of benzene rings is 3. The number of methoxy groups -OCH3 is 1. The number of carbonyl (C=O) groups is 1. The number of aryl methyl sites for hydroxylation is 1. The quantitative estimate of drug-likeness (QED) is 0.309. The van der Waals surface area contributed by atoms with Gasteiger partial charge in [-0.05, 0) is 70.9 Å². The van der Waals surface area contributed by atoms with Crippen molar-refractivity contribution in [3.63, 3.8) is 0 Å². The number of rotatable bonds is 8. The van der Waals surface area contributed by atoms with Crippen LogP contribution in [0.25, 0.3) is 0 Å². The van der Waals surface area contributed by atoms with E-state index in [1.807, 2.05) is 6.92 Å². The summed E-state index contributed by atoms with van der Waals surface area (Å²) >= 11 is 9.27. The van der Waals surface area contributed by atoms with Gasteiger partial charge in [-0.3, -0.25) is 9.10 Å². The lowest BCUT2D eigenvalue weighted by Crippen LogP contribution is -2.39. The molecule has 0 spiro atoms. The van der Waals surface area contributed by atoms with E-state index in [2.05, 4.69) is 26.5 Å². The van der Waals surface area contributed by atoms with Gasteiger partial charge in [0.25, 0.3) is 15.9 Å². The molecule has 0 bridgehead atoms. The molecule has 34 heavy (non-hydrogen) atoms. The van der Waals surface area contributed by atoms with E-state index >= 15 is 0 Å². The van der Waals surface area contributed by atoms with Crippen LogP contribution in [0.15, 0.2) is 75.1 Å². The Balaban J connectivity index is 1.84. The van der Waals surface area contributed by atoms with E-state index < -0.39 is 22.5 Å². The number of sulfonamides is 1. The van der Waals surface area contributed by atoms with Gasteiger partial charge in [-0.15, -0.1) is 0 Å². The van der Waals surface area contributed by atoms with E-state index in [1.165, 1.54) is 37.6 Å². The number of amides is 1. The Morgan fingerprint density at radius 3 is 2.56 bits per heavy atom. The Morgan fingerprint density at radius 2 is 1.91 bits per heavy atom. The molecule has 11 heteroatoms. The minimum Gasteiger partial charge on any atom is -0.503 e. The highest BCUT2D eigenvalue weighted by Gasteiger charge is 2.27. The molecule has 0 fully saturated rings. The Bertz CT molecular complexity index is 1330. The Morgan fingerprint density at radius 1 is 1.21 bits per heavy atom. The van der Waals surface area contributed by atoms with Gasteiger partial charge in [-0.2, -0.15) is 5.10 Å². The summed E-state index contributed by atoms with van der Waals surface area (Å²) in [6, 6.07) is 15.6. The van der Waals surface area contributed by atoms with Crippen LogP contribution in [-0.2, 0) is 14.8 Å². The molecule has 0 aromatic heterocycles. The normalized spacial score (nSPS) is 11.4. The van der Waals surface area contributed by atoms with Crippen LogP contribution in [0.5, 0.6) is 11.5 Å². The van der Waals surface area contributed by atoms with E-state index in [4.69, 9.17) is 16.3 Å². The van der Waals surface area contributed by atoms with Crippen LogP contribution in [0.3, 0.4) is 0 Å². The second-order valence-electron chi connectivity index (χ2n) is 7.15. The van der Waals surface area contributed by atoms with Gasteiger partial charge < -0.3 is 9.84 Å². The third kappa shape index (κ3) is 6.07. The van der Waals surface area contributed by atoms with Gasteiger partial charge in [0.1, 0.15) is 6.54 Å². The fraction of sp³-hybridized carbons (Fsp3) is 0.130. The topological polar surface area (TPSA) is 108 Å². The summed E-state index contributed by atoms with van der Waals surface area (Å²) in [5.41, 5.74) is 3.99. The lowest BCUT2D eigenvalue weighted by atomic mass is 10.2. The zero-order valence-corrected chi connectivity index (χ0v) is 21.4. The van der Waals surface area contributed by atoms with Crippen LogP contribution < -0.4 is 14.5 Å². The van der Waals surface area contributed by atoms with E-state index in [-0.39, 0.29) is 22.1 Å². The minimum absolute atomic E-state index is 0.0374. The standard InChI is InChI=1S/C23H21BrClN3O5S/c1-15-6-8-19(9-7-15)34(31,32)28(18-5-3-4-17(25)12-18)14-22(29)27-26-13-16-10-20(24)23(30)21(11-16)33-2/h3-13,30H,14H2,1-2H3,(H,27,29)/b26-13-. The number of hydrogen-bond donors (Lipinski definition) is 2. The van der Waals surface area contributed by atoms with Gasteiger partial charge in [-0.1, -0.05) is 35.4 Å². The zero-order valence-electron chi connectivity index (χ0n) is 18.2. The van der Waals surface area contributed by atoms with Crippen LogP contribution in [-0.4, -0.2) is 39.3 Å². The molecular weight excluding hydrogens is 546 g/mol. The maximum atomic E-state index is 13.3. The second-order valence-corrected chi connectivity index (χ2v) is 10.3. The average molecular weight is 567 g/mol. The van der Waals surface area contributed by atoms with Crippen molar-refractivity contribution in [2.24, 2.45) is 5.10 Å². The number of phenolic OH excluding ortho intramolecular Hbond substituents is 1. The summed E-state index contributed by atoms with van der Waals surface area (Å²) in [4.78, 5) is 12.7. The number of halogens is 2. The molecule has 8 nitrogen and oxygen atoms in total. The first-order valence-corrected chi connectivity index (χ1v) is 12.5. The maximum Gasteiger partial charge on any atom is 0.264 e. The molecule has 3 rings (SSSR count). The molecule has 0 atom stereocenters. The number of nitrogens with zero attached hydrogens (tertiary/aromatic N) is 2. The summed E-state index contributed by atoms with van der Waals surface area (Å²) in [5, 5.41) is 14.1. The lowest BCUT2D eigenvalue weighted by Gasteiger charge is -2.24. The van der Waals surface area contributed by atoms with Crippen molar-refractivity contribution in [3.8, 4) is 11.5 Å². The second kappa shape index (κ2) is 10.9. The molecule has 0 radical (unpaired) electrons. The average Bonchev–Trinajstić information content (AvgIpc) is 2.79. The van der Waals surface area contributed by atoms with Crippen molar-refractivity contribution in [1.29, 1.82) is 0 Å². The van der Waals surface area contributed by atoms with Gasteiger partial charge in [0.05, 0.1) is 28.4 Å². The van der Waals surface area contributed by atoms with Crippen molar-refractivity contribution in [3.05, 3.63) is 81.3 Å². The van der Waals surface area contributed by atoms with Crippen molar-refractivity contribution in [2.45, 2.75) is 11.8 Å². The molecule has 0 aliphatic rings. The molecule has 1 amide bonds. The molecule has 0 aliphatic carbocycles. The first-order chi connectivity index (χ1) is 16.1. The number of aromatic hydroxyl groups is 1. The first-order valence-electron chi connectivity index (χ1n) is 9.85. The van der Waals surface area contributed by atoms with Crippen LogP contribution in [0, 0.1) is 6.92 Å². The predicted molar refractivity (Wildman–Crippen MR) is 135 cm³/mol. The number of hydrazone groups is 1. The summed E-state index contributed by atoms with van der Waals surface area (Å²) in [6.07, 6.45) is 1.34. The Kier molecular flexibility index (Phi) is 8.19. The highest BCUT2D eigenvalue weighted by molar-refractivity contribution is 9.10. The van der Waals surface area contributed by atoms with Crippen molar-refractivity contribution < 1.29 is 23.1 Å². The van der Waals surface area contributed by atoms with Gasteiger partial charge in [0.15, 0.2) is 11.5 Å². The number of ether oxygens (including phenoxy) is 1. The molecule has 0 aliphatic heterocycles. The summed E-state index contributed by atoms with van der Waals surface area (Å²) in [5.74, 6) is -0.516. The van der Waals surface area contributed by atoms with Crippen LogP contribution in [0.2, 0.25) is 5.02 Å². The molecule has 0 heterocycles. The predicted octanol–water partition coefficient (Wildman–Crippen LogP) is 4.47. The van der Waals surface area contributed by atoms with E-state index in [0.717, 1.165) is 9.87 Å². The van der Waals surface area contributed by atoms with E-state index in [1.54, 1.807) is 36.4 Å². The lowest BCUT2D eigenvalue weighted by molar-refractivity contribution is -0.119. The zero-order chi connectivity index (χ0) is 24.9. The molecule has 3 aromatic rings. The number of nitrogens with one attached hydrogen (secondary N) is 1. The summed E-state index contributed by atoms with van der Waals surface area (Å²) in [7, 11) is -2.66. The summed E-state index contributed by atoms with van der Waals surface area (Å²) < 4.78 is 33.1. The van der Waals surface area contributed by atoms with Gasteiger partial charge in [-0.25, -0.2) is 13.8 Å². The fourth-order valence-corrected chi connectivity index (χ4v) is 5.01. The number of carbonyl (C=O) groups excluding carboxylic acids is 1. The van der Waals surface area contributed by atoms with Crippen molar-refractivity contribution in [2.75, 3.05) is 18.0 Å². The van der Waals surface area contributed by atoms with Gasteiger partial charge in [0, 0.05) is 5.02 Å². The maximum absolute atomic E-state index is 13.3. The molecule has 0 saturated carbocycles. The molecule has 0 unspecified atom stereocenters. The smallest absolute Gasteiger partial charge is 0.264 e. The summed E-state index contributed by atoms with van der Waals surface area (Å²) in [6.45, 7) is 1.31. The molecular formula is C23H21BrClN3O5S. The molecule has 2 N–H and O–H groups in total. The third-order valence-corrected chi connectivity index (χ3v) is 7.29. The monoisotopic (exact) mass is 565 g/mol. The first kappa shape index (κ1) is 25.5.